The highest BCUT2D eigenvalue weighted by Gasteiger charge is 2.17. The van der Waals surface area contributed by atoms with Crippen LogP contribution in [0.25, 0.3) is 0 Å². The molecule has 0 saturated heterocycles. The molecule has 1 aromatic carbocycles. The number of hydrogen-bond acceptors (Lipinski definition) is 4. The number of alkyl carbamates (subject to hydrolysis) is 1. The van der Waals surface area contributed by atoms with Gasteiger partial charge in [-0.1, -0.05) is 11.6 Å². The first kappa shape index (κ1) is 15.6. The Labute approximate surface area is 117 Å². The molecule has 0 heterocycles. The van der Waals surface area contributed by atoms with Crippen LogP contribution in [0.4, 0.5) is 10.5 Å². The average molecular weight is 307 g/mol. The van der Waals surface area contributed by atoms with E-state index in [1.807, 2.05) is 0 Å². The molecule has 0 bridgehead atoms. The highest BCUT2D eigenvalue weighted by atomic mass is 35.5. The van der Waals surface area contributed by atoms with Crippen molar-refractivity contribution in [2.45, 2.75) is 0 Å². The van der Waals surface area contributed by atoms with E-state index in [4.69, 9.17) is 11.6 Å². The fraction of sp³-hybridized carbons (Fsp3) is 0.364. The molecular formula is C11H15ClN2O4S. The van der Waals surface area contributed by atoms with Crippen LogP contribution in [0.3, 0.4) is 0 Å². The summed E-state index contributed by atoms with van der Waals surface area (Å²) in [5.41, 5.74) is 0.485. The summed E-state index contributed by atoms with van der Waals surface area (Å²) in [7, 11) is -2.20. The number of hydrogen-bond donors (Lipinski definition) is 1. The molecule has 0 aliphatic rings. The molecule has 1 rings (SSSR count). The third-order valence-electron chi connectivity index (χ3n) is 2.28. The van der Waals surface area contributed by atoms with Crippen LogP contribution in [-0.4, -0.2) is 41.0 Å². The van der Waals surface area contributed by atoms with Crippen LogP contribution >= 0.6 is 11.6 Å². The molecule has 0 unspecified atom stereocenters. The Morgan fingerprint density at radius 1 is 1.37 bits per heavy atom. The lowest BCUT2D eigenvalue weighted by Gasteiger charge is -2.22. The van der Waals surface area contributed by atoms with Crippen LogP contribution in [0, 0.1) is 0 Å². The molecule has 1 amide bonds. The van der Waals surface area contributed by atoms with Crippen LogP contribution in [0.1, 0.15) is 0 Å². The SMILES string of the molecule is COC(=O)NCCN(c1ccc(Cl)cc1)S(C)(=O)=O. The fourth-order valence-corrected chi connectivity index (χ4v) is 2.48. The lowest BCUT2D eigenvalue weighted by Crippen LogP contribution is -2.38. The predicted molar refractivity (Wildman–Crippen MR) is 74.0 cm³/mol. The number of carbonyl (C=O) groups is 1. The van der Waals surface area contributed by atoms with Crippen molar-refractivity contribution in [2.75, 3.05) is 30.8 Å². The molecule has 0 spiro atoms. The lowest BCUT2D eigenvalue weighted by molar-refractivity contribution is 0.171. The van der Waals surface area contributed by atoms with Gasteiger partial charge < -0.3 is 10.1 Å². The third-order valence-corrected chi connectivity index (χ3v) is 3.73. The smallest absolute Gasteiger partial charge is 0.406 e. The van der Waals surface area contributed by atoms with E-state index >= 15 is 0 Å². The molecule has 0 atom stereocenters. The molecule has 0 aromatic heterocycles. The summed E-state index contributed by atoms with van der Waals surface area (Å²) in [6.07, 6.45) is 0.490. The van der Waals surface area contributed by atoms with Crippen molar-refractivity contribution >= 4 is 33.4 Å². The average Bonchev–Trinajstić information content (AvgIpc) is 2.34. The first-order chi connectivity index (χ1) is 8.84. The quantitative estimate of drug-likeness (QED) is 0.893. The minimum absolute atomic E-state index is 0.107. The van der Waals surface area contributed by atoms with E-state index in [0.717, 1.165) is 6.26 Å². The third kappa shape index (κ3) is 4.96. The van der Waals surface area contributed by atoms with Crippen molar-refractivity contribution in [3.05, 3.63) is 29.3 Å². The number of halogens is 1. The second-order valence-electron chi connectivity index (χ2n) is 3.73. The van der Waals surface area contributed by atoms with E-state index in [1.54, 1.807) is 24.3 Å². The minimum atomic E-state index is -3.44. The Morgan fingerprint density at radius 3 is 2.42 bits per heavy atom. The number of sulfonamides is 1. The normalized spacial score (nSPS) is 10.9. The molecule has 1 N–H and O–H groups in total. The largest absolute Gasteiger partial charge is 0.453 e. The summed E-state index contributed by atoms with van der Waals surface area (Å²) < 4.78 is 29.0. The van der Waals surface area contributed by atoms with Gasteiger partial charge in [0.2, 0.25) is 10.0 Å². The zero-order valence-electron chi connectivity index (χ0n) is 10.6. The number of methoxy groups -OCH3 is 1. The zero-order valence-corrected chi connectivity index (χ0v) is 12.2. The van der Waals surface area contributed by atoms with Crippen molar-refractivity contribution in [1.82, 2.24) is 5.32 Å². The summed E-state index contributed by atoms with van der Waals surface area (Å²) in [5.74, 6) is 0. The summed E-state index contributed by atoms with van der Waals surface area (Å²) in [5, 5.41) is 2.94. The Kier molecular flexibility index (Phi) is 5.44. The highest BCUT2D eigenvalue weighted by Crippen LogP contribution is 2.19. The van der Waals surface area contributed by atoms with E-state index in [9.17, 15) is 13.2 Å². The van der Waals surface area contributed by atoms with Gasteiger partial charge in [-0.3, -0.25) is 4.31 Å². The predicted octanol–water partition coefficient (Wildman–Crippen LogP) is 1.46. The molecule has 0 radical (unpaired) electrons. The molecule has 106 valence electrons. The lowest BCUT2D eigenvalue weighted by atomic mass is 10.3. The van der Waals surface area contributed by atoms with Gasteiger partial charge in [-0.2, -0.15) is 0 Å². The van der Waals surface area contributed by atoms with Crippen molar-refractivity contribution in [3.8, 4) is 0 Å². The summed E-state index contributed by atoms with van der Waals surface area (Å²) in [4.78, 5) is 10.9. The maximum absolute atomic E-state index is 11.7. The van der Waals surface area contributed by atoms with Gasteiger partial charge in [-0.15, -0.1) is 0 Å². The number of amides is 1. The van der Waals surface area contributed by atoms with Gasteiger partial charge in [0.05, 0.1) is 25.6 Å². The number of rotatable bonds is 5. The number of nitrogens with one attached hydrogen (secondary N) is 1. The zero-order chi connectivity index (χ0) is 14.5. The molecule has 0 fully saturated rings. The maximum Gasteiger partial charge on any atom is 0.406 e. The second-order valence-corrected chi connectivity index (χ2v) is 6.07. The number of carbonyl (C=O) groups excluding carboxylic acids is 1. The van der Waals surface area contributed by atoms with Crippen LogP contribution in [0.2, 0.25) is 5.02 Å². The van der Waals surface area contributed by atoms with Crippen molar-refractivity contribution in [1.29, 1.82) is 0 Å². The molecule has 0 saturated carbocycles. The topological polar surface area (TPSA) is 75.7 Å². The fourth-order valence-electron chi connectivity index (χ4n) is 1.43. The van der Waals surface area contributed by atoms with Gasteiger partial charge in [0.25, 0.3) is 0 Å². The van der Waals surface area contributed by atoms with Crippen LogP contribution in [0.5, 0.6) is 0 Å². The van der Waals surface area contributed by atoms with Crippen LogP contribution in [0.15, 0.2) is 24.3 Å². The molecule has 0 aliphatic carbocycles. The van der Waals surface area contributed by atoms with E-state index in [1.165, 1.54) is 11.4 Å². The molecule has 19 heavy (non-hydrogen) atoms. The number of ether oxygens (including phenoxy) is 1. The van der Waals surface area contributed by atoms with Gasteiger partial charge in [0, 0.05) is 11.6 Å². The van der Waals surface area contributed by atoms with E-state index < -0.39 is 16.1 Å². The monoisotopic (exact) mass is 306 g/mol. The second kappa shape index (κ2) is 6.63. The van der Waals surface area contributed by atoms with E-state index in [0.29, 0.717) is 10.7 Å². The van der Waals surface area contributed by atoms with E-state index in [-0.39, 0.29) is 13.1 Å². The van der Waals surface area contributed by atoms with Crippen molar-refractivity contribution in [3.63, 3.8) is 0 Å². The van der Waals surface area contributed by atoms with Crippen LogP contribution in [-0.2, 0) is 14.8 Å². The molecule has 8 heteroatoms. The van der Waals surface area contributed by atoms with Gasteiger partial charge >= 0.3 is 6.09 Å². The number of benzene rings is 1. The Hall–Kier alpha value is -1.47. The summed E-state index contributed by atoms with van der Waals surface area (Å²) in [6.45, 7) is 0.248. The van der Waals surface area contributed by atoms with Crippen molar-refractivity contribution < 1.29 is 17.9 Å². The minimum Gasteiger partial charge on any atom is -0.453 e. The van der Waals surface area contributed by atoms with E-state index in [2.05, 4.69) is 10.1 Å². The molecular weight excluding hydrogens is 292 g/mol. The first-order valence-corrected chi connectivity index (χ1v) is 7.62. The summed E-state index contributed by atoms with van der Waals surface area (Å²) >= 11 is 5.75. The van der Waals surface area contributed by atoms with Gasteiger partial charge in [-0.05, 0) is 24.3 Å². The Morgan fingerprint density at radius 2 is 1.95 bits per heavy atom. The van der Waals surface area contributed by atoms with Gasteiger partial charge in [0.15, 0.2) is 0 Å². The number of nitrogens with zero attached hydrogens (tertiary/aromatic N) is 1. The van der Waals surface area contributed by atoms with Gasteiger partial charge in [-0.25, -0.2) is 13.2 Å². The van der Waals surface area contributed by atoms with Gasteiger partial charge in [0.1, 0.15) is 0 Å². The van der Waals surface area contributed by atoms with Crippen LogP contribution < -0.4 is 9.62 Å². The first-order valence-electron chi connectivity index (χ1n) is 5.39. The molecule has 1 aromatic rings. The highest BCUT2D eigenvalue weighted by molar-refractivity contribution is 7.92. The molecule has 6 nitrogen and oxygen atoms in total. The Balaban J connectivity index is 2.79. The molecule has 0 aliphatic heterocycles. The number of anilines is 1. The Bertz CT molecular complexity index is 530. The maximum atomic E-state index is 11.7. The van der Waals surface area contributed by atoms with Crippen molar-refractivity contribution in [2.24, 2.45) is 0 Å². The standard InChI is InChI=1S/C11H15ClN2O4S/c1-18-11(15)13-7-8-14(19(2,16)17)10-5-3-9(12)4-6-10/h3-6H,7-8H2,1-2H3,(H,13,15). The summed E-state index contributed by atoms with van der Waals surface area (Å²) in [6, 6.07) is 6.40.